The Hall–Kier alpha value is -1.36. The number of imidazole rings is 1. The summed E-state index contributed by atoms with van der Waals surface area (Å²) < 4.78 is 5.18. The Morgan fingerprint density at radius 1 is 1.33 bits per heavy atom. The summed E-state index contributed by atoms with van der Waals surface area (Å²) in [5.74, 6) is 0.779. The Balaban J connectivity index is 1.91. The molecule has 94 valence electrons. The van der Waals surface area contributed by atoms with Crippen molar-refractivity contribution in [1.29, 1.82) is 0 Å². The number of aromatic amines is 1. The number of aliphatic hydroxyl groups excluding tert-OH is 1. The fraction of sp³-hybridized carbons (Fsp3) is 0.308. The van der Waals surface area contributed by atoms with Crippen LogP contribution in [0.1, 0.15) is 5.82 Å². The Morgan fingerprint density at radius 2 is 2.06 bits per heavy atom. The highest BCUT2D eigenvalue weighted by atomic mass is 35.5. The van der Waals surface area contributed by atoms with Crippen molar-refractivity contribution in [1.82, 2.24) is 9.97 Å². The second-order valence-corrected chi connectivity index (χ2v) is 5.02. The summed E-state index contributed by atoms with van der Waals surface area (Å²) >= 11 is 5.86. The van der Waals surface area contributed by atoms with Crippen LogP contribution in [-0.2, 0) is 10.2 Å². The van der Waals surface area contributed by atoms with Gasteiger partial charge in [-0.1, -0.05) is 23.7 Å². The van der Waals surface area contributed by atoms with Crippen LogP contribution in [0.25, 0.3) is 11.3 Å². The van der Waals surface area contributed by atoms with Crippen LogP contribution in [0.3, 0.4) is 0 Å². The number of nitrogens with zero attached hydrogens (tertiary/aromatic N) is 1. The zero-order valence-electron chi connectivity index (χ0n) is 9.69. The molecule has 18 heavy (non-hydrogen) atoms. The fourth-order valence-corrected chi connectivity index (χ4v) is 2.14. The molecule has 0 bridgehead atoms. The van der Waals surface area contributed by atoms with E-state index in [1.165, 1.54) is 0 Å². The minimum absolute atomic E-state index is 0.0422. The van der Waals surface area contributed by atoms with Gasteiger partial charge in [-0.25, -0.2) is 4.98 Å². The highest BCUT2D eigenvalue weighted by molar-refractivity contribution is 6.30. The van der Waals surface area contributed by atoms with Crippen molar-refractivity contribution in [3.63, 3.8) is 0 Å². The fourth-order valence-electron chi connectivity index (χ4n) is 2.02. The first-order valence-corrected chi connectivity index (χ1v) is 6.11. The SMILES string of the molecule is OCC1(c2ncc(-c3ccc(Cl)cc3)[nH]2)COC1. The third-order valence-electron chi connectivity index (χ3n) is 3.29. The largest absolute Gasteiger partial charge is 0.395 e. The van der Waals surface area contributed by atoms with Gasteiger partial charge in [-0.05, 0) is 17.7 Å². The van der Waals surface area contributed by atoms with Crippen LogP contribution >= 0.6 is 11.6 Å². The Labute approximate surface area is 110 Å². The zero-order valence-corrected chi connectivity index (χ0v) is 10.4. The van der Waals surface area contributed by atoms with E-state index in [0.29, 0.717) is 18.2 Å². The molecule has 0 atom stereocenters. The average Bonchev–Trinajstić information content (AvgIpc) is 2.79. The molecule has 1 saturated heterocycles. The van der Waals surface area contributed by atoms with Crippen LogP contribution in [0.15, 0.2) is 30.5 Å². The maximum Gasteiger partial charge on any atom is 0.119 e. The van der Waals surface area contributed by atoms with E-state index in [9.17, 15) is 5.11 Å². The van der Waals surface area contributed by atoms with Crippen LogP contribution in [-0.4, -0.2) is 34.9 Å². The average molecular weight is 265 g/mol. The Kier molecular flexibility index (Phi) is 2.86. The predicted molar refractivity (Wildman–Crippen MR) is 68.6 cm³/mol. The number of rotatable bonds is 3. The highest BCUT2D eigenvalue weighted by Gasteiger charge is 2.42. The molecule has 2 aromatic rings. The number of ether oxygens (including phenoxy) is 1. The van der Waals surface area contributed by atoms with E-state index in [1.807, 2.05) is 24.3 Å². The highest BCUT2D eigenvalue weighted by Crippen LogP contribution is 2.31. The van der Waals surface area contributed by atoms with Gasteiger partial charge < -0.3 is 14.8 Å². The summed E-state index contributed by atoms with van der Waals surface area (Å²) in [6, 6.07) is 7.54. The van der Waals surface area contributed by atoms with Gasteiger partial charge in [0.05, 0.1) is 37.1 Å². The van der Waals surface area contributed by atoms with Crippen LogP contribution in [0.5, 0.6) is 0 Å². The number of nitrogens with one attached hydrogen (secondary N) is 1. The predicted octanol–water partition coefficient (Wildman–Crippen LogP) is 1.99. The summed E-state index contributed by atoms with van der Waals surface area (Å²) in [6.07, 6.45) is 1.77. The van der Waals surface area contributed by atoms with Gasteiger partial charge >= 0.3 is 0 Å². The summed E-state index contributed by atoms with van der Waals surface area (Å²) in [5, 5.41) is 10.2. The van der Waals surface area contributed by atoms with E-state index in [1.54, 1.807) is 6.20 Å². The Bertz CT molecular complexity index is 541. The van der Waals surface area contributed by atoms with Gasteiger partial charge in [-0.2, -0.15) is 0 Å². The summed E-state index contributed by atoms with van der Waals surface area (Å²) in [7, 11) is 0. The molecule has 1 aromatic heterocycles. The second kappa shape index (κ2) is 4.39. The van der Waals surface area contributed by atoms with Gasteiger partial charge in [-0.15, -0.1) is 0 Å². The summed E-state index contributed by atoms with van der Waals surface area (Å²) in [4.78, 5) is 7.60. The van der Waals surface area contributed by atoms with Crippen LogP contribution < -0.4 is 0 Å². The lowest BCUT2D eigenvalue weighted by Gasteiger charge is -2.37. The minimum Gasteiger partial charge on any atom is -0.395 e. The molecular weight excluding hydrogens is 252 g/mol. The maximum atomic E-state index is 9.45. The first kappa shape index (κ1) is 11.7. The van der Waals surface area contributed by atoms with Crippen LogP contribution in [0.4, 0.5) is 0 Å². The standard InChI is InChI=1S/C13H13ClN2O2/c14-10-3-1-9(2-4-10)11-5-15-12(16-11)13(6-17)7-18-8-13/h1-5,17H,6-8H2,(H,15,16). The van der Waals surface area contributed by atoms with E-state index in [2.05, 4.69) is 9.97 Å². The molecule has 0 spiro atoms. The van der Waals surface area contributed by atoms with Crippen molar-refractivity contribution < 1.29 is 9.84 Å². The molecule has 3 rings (SSSR count). The molecule has 5 heteroatoms. The number of halogens is 1. The molecule has 0 amide bonds. The van der Waals surface area contributed by atoms with Gasteiger partial charge in [0, 0.05) is 5.02 Å². The molecule has 0 unspecified atom stereocenters. The zero-order chi connectivity index (χ0) is 12.6. The number of aromatic nitrogens is 2. The Morgan fingerprint density at radius 3 is 2.61 bits per heavy atom. The van der Waals surface area contributed by atoms with Crippen molar-refractivity contribution in [3.8, 4) is 11.3 Å². The van der Waals surface area contributed by atoms with E-state index in [0.717, 1.165) is 17.1 Å². The van der Waals surface area contributed by atoms with Crippen molar-refractivity contribution in [3.05, 3.63) is 41.3 Å². The number of aliphatic hydroxyl groups is 1. The molecule has 4 nitrogen and oxygen atoms in total. The third kappa shape index (κ3) is 1.82. The summed E-state index contributed by atoms with van der Waals surface area (Å²) in [6.45, 7) is 1.06. The molecule has 1 aliphatic rings. The number of benzene rings is 1. The number of hydrogen-bond donors (Lipinski definition) is 2. The summed E-state index contributed by atoms with van der Waals surface area (Å²) in [5.41, 5.74) is 1.58. The molecule has 0 saturated carbocycles. The van der Waals surface area contributed by atoms with Crippen molar-refractivity contribution in [2.45, 2.75) is 5.41 Å². The molecule has 2 heterocycles. The van der Waals surface area contributed by atoms with Crippen molar-refractivity contribution in [2.24, 2.45) is 0 Å². The second-order valence-electron chi connectivity index (χ2n) is 4.58. The molecule has 1 aromatic carbocycles. The first-order valence-electron chi connectivity index (χ1n) is 5.74. The van der Waals surface area contributed by atoms with Gasteiger partial charge in [0.2, 0.25) is 0 Å². The first-order chi connectivity index (χ1) is 8.73. The van der Waals surface area contributed by atoms with Crippen molar-refractivity contribution >= 4 is 11.6 Å². The van der Waals surface area contributed by atoms with E-state index >= 15 is 0 Å². The van der Waals surface area contributed by atoms with Crippen LogP contribution in [0.2, 0.25) is 5.02 Å². The number of H-pyrrole nitrogens is 1. The van der Waals surface area contributed by atoms with Gasteiger partial charge in [0.1, 0.15) is 5.82 Å². The van der Waals surface area contributed by atoms with E-state index < -0.39 is 0 Å². The topological polar surface area (TPSA) is 58.1 Å². The minimum atomic E-state index is -0.356. The normalized spacial score (nSPS) is 17.4. The van der Waals surface area contributed by atoms with Gasteiger partial charge in [0.25, 0.3) is 0 Å². The number of hydrogen-bond acceptors (Lipinski definition) is 3. The lowest BCUT2D eigenvalue weighted by Crippen LogP contribution is -2.50. The molecule has 1 fully saturated rings. The quantitative estimate of drug-likeness (QED) is 0.891. The molecule has 2 N–H and O–H groups in total. The molecular formula is C13H13ClN2O2. The van der Waals surface area contributed by atoms with E-state index in [-0.39, 0.29) is 12.0 Å². The molecule has 0 aliphatic carbocycles. The van der Waals surface area contributed by atoms with Crippen molar-refractivity contribution in [2.75, 3.05) is 19.8 Å². The lowest BCUT2D eigenvalue weighted by molar-refractivity contribution is -0.0880. The smallest absolute Gasteiger partial charge is 0.119 e. The van der Waals surface area contributed by atoms with E-state index in [4.69, 9.17) is 16.3 Å². The lowest BCUT2D eigenvalue weighted by atomic mass is 9.86. The van der Waals surface area contributed by atoms with Gasteiger partial charge in [-0.3, -0.25) is 0 Å². The van der Waals surface area contributed by atoms with Crippen LogP contribution in [0, 0.1) is 0 Å². The van der Waals surface area contributed by atoms with Gasteiger partial charge in [0.15, 0.2) is 0 Å². The maximum absolute atomic E-state index is 9.45. The molecule has 0 radical (unpaired) electrons. The third-order valence-corrected chi connectivity index (χ3v) is 3.54. The molecule has 1 aliphatic heterocycles. The monoisotopic (exact) mass is 264 g/mol.